The molecule has 6 nitrogen and oxygen atoms in total. The van der Waals surface area contributed by atoms with Crippen LogP contribution in [0.25, 0.3) is 0 Å². The number of hydrogen-bond acceptors (Lipinski definition) is 4. The Morgan fingerprint density at radius 3 is 3.08 bits per heavy atom. The zero-order valence-corrected chi connectivity index (χ0v) is 15.4. The van der Waals surface area contributed by atoms with E-state index in [1.807, 2.05) is 19.1 Å². The van der Waals surface area contributed by atoms with Crippen LogP contribution in [-0.2, 0) is 19.4 Å². The molecule has 0 saturated carbocycles. The summed E-state index contributed by atoms with van der Waals surface area (Å²) in [6.45, 7) is 4.77. The Morgan fingerprint density at radius 1 is 1.31 bits per heavy atom. The lowest BCUT2D eigenvalue weighted by Gasteiger charge is -2.14. The summed E-state index contributed by atoms with van der Waals surface area (Å²) >= 11 is 0. The molecule has 1 aliphatic rings. The molecule has 0 spiro atoms. The van der Waals surface area contributed by atoms with Crippen molar-refractivity contribution in [1.82, 2.24) is 15.6 Å². The van der Waals surface area contributed by atoms with Crippen molar-refractivity contribution in [3.63, 3.8) is 0 Å². The number of pyridine rings is 1. The lowest BCUT2D eigenvalue weighted by molar-refractivity contribution is 0.322. The smallest absolute Gasteiger partial charge is 0.218 e. The summed E-state index contributed by atoms with van der Waals surface area (Å²) in [5, 5.41) is 6.67. The monoisotopic (exact) mass is 354 g/mol. The topological polar surface area (TPSA) is 67.8 Å². The summed E-state index contributed by atoms with van der Waals surface area (Å²) in [6, 6.07) is 10.4. The summed E-state index contributed by atoms with van der Waals surface area (Å²) in [4.78, 5) is 8.55. The number of ether oxygens (including phenoxy) is 2. The fraction of sp³-hybridized carbons (Fsp3) is 0.400. The molecule has 0 saturated heterocycles. The van der Waals surface area contributed by atoms with Crippen molar-refractivity contribution in [1.29, 1.82) is 0 Å². The summed E-state index contributed by atoms with van der Waals surface area (Å²) < 4.78 is 11.1. The molecule has 1 aliphatic heterocycles. The van der Waals surface area contributed by atoms with Gasteiger partial charge >= 0.3 is 0 Å². The number of fused-ring (bicyclic) bond motifs is 1. The number of nitrogens with zero attached hydrogens (tertiary/aromatic N) is 2. The Balaban J connectivity index is 1.48. The van der Waals surface area contributed by atoms with E-state index in [1.54, 1.807) is 13.2 Å². The molecule has 0 bridgehead atoms. The van der Waals surface area contributed by atoms with Gasteiger partial charge in [0.15, 0.2) is 5.96 Å². The molecule has 0 aliphatic carbocycles. The Hall–Kier alpha value is -2.76. The minimum absolute atomic E-state index is 0.600. The van der Waals surface area contributed by atoms with Gasteiger partial charge in [0.05, 0.1) is 13.2 Å². The third-order valence-electron chi connectivity index (χ3n) is 4.26. The molecule has 1 aromatic heterocycles. The van der Waals surface area contributed by atoms with Crippen LogP contribution in [0.2, 0.25) is 0 Å². The van der Waals surface area contributed by atoms with E-state index in [9.17, 15) is 0 Å². The Kier molecular flexibility index (Phi) is 6.30. The maximum absolute atomic E-state index is 5.56. The quantitative estimate of drug-likeness (QED) is 0.590. The van der Waals surface area contributed by atoms with Gasteiger partial charge in [0.25, 0.3) is 0 Å². The molecule has 2 heterocycles. The number of hydrogen-bond donors (Lipinski definition) is 2. The van der Waals surface area contributed by atoms with E-state index in [2.05, 4.69) is 38.8 Å². The van der Waals surface area contributed by atoms with Crippen molar-refractivity contribution in [2.45, 2.75) is 26.3 Å². The van der Waals surface area contributed by atoms with Gasteiger partial charge in [-0.25, -0.2) is 4.98 Å². The zero-order chi connectivity index (χ0) is 18.2. The molecule has 3 rings (SSSR count). The van der Waals surface area contributed by atoms with Crippen LogP contribution in [0.5, 0.6) is 11.6 Å². The van der Waals surface area contributed by atoms with Crippen molar-refractivity contribution in [2.75, 3.05) is 26.8 Å². The van der Waals surface area contributed by atoms with Crippen molar-refractivity contribution in [2.24, 2.45) is 4.99 Å². The number of rotatable bonds is 7. The van der Waals surface area contributed by atoms with E-state index in [-0.39, 0.29) is 0 Å². The molecule has 2 aromatic rings. The van der Waals surface area contributed by atoms with Crippen LogP contribution in [0.4, 0.5) is 0 Å². The van der Waals surface area contributed by atoms with Crippen LogP contribution in [-0.4, -0.2) is 37.7 Å². The first kappa shape index (κ1) is 18.0. The number of guanidine groups is 1. The Morgan fingerprint density at radius 2 is 2.23 bits per heavy atom. The lowest BCUT2D eigenvalue weighted by atomic mass is 10.1. The normalized spacial score (nSPS) is 13.1. The highest BCUT2D eigenvalue weighted by atomic mass is 16.5. The molecule has 0 unspecified atom stereocenters. The second kappa shape index (κ2) is 9.08. The van der Waals surface area contributed by atoms with Gasteiger partial charge in [0.1, 0.15) is 5.75 Å². The molecule has 138 valence electrons. The van der Waals surface area contributed by atoms with Crippen LogP contribution >= 0.6 is 0 Å². The Labute approximate surface area is 154 Å². The minimum atomic E-state index is 0.600. The predicted molar refractivity (Wildman–Crippen MR) is 103 cm³/mol. The number of nitrogens with one attached hydrogen (secondary N) is 2. The van der Waals surface area contributed by atoms with Gasteiger partial charge < -0.3 is 20.1 Å². The number of aliphatic imine (C=N–C) groups is 1. The maximum atomic E-state index is 5.56. The van der Waals surface area contributed by atoms with Gasteiger partial charge in [-0.15, -0.1) is 0 Å². The van der Waals surface area contributed by atoms with Crippen LogP contribution < -0.4 is 20.1 Å². The summed E-state index contributed by atoms with van der Waals surface area (Å²) in [7, 11) is 1.77. The molecule has 1 aromatic carbocycles. The first-order valence-corrected chi connectivity index (χ1v) is 9.06. The largest absolute Gasteiger partial charge is 0.493 e. The SMILES string of the molecule is CCOc1ncccc1CNC(=NC)NCCc1ccc2c(c1)CCO2. The molecule has 2 N–H and O–H groups in total. The molecule has 0 amide bonds. The van der Waals surface area contributed by atoms with Gasteiger partial charge in [-0.2, -0.15) is 0 Å². The lowest BCUT2D eigenvalue weighted by Crippen LogP contribution is -2.38. The van der Waals surface area contributed by atoms with Crippen molar-refractivity contribution in [3.05, 3.63) is 53.2 Å². The van der Waals surface area contributed by atoms with E-state index in [0.29, 0.717) is 19.0 Å². The summed E-state index contributed by atoms with van der Waals surface area (Å²) in [6.07, 6.45) is 3.68. The van der Waals surface area contributed by atoms with E-state index >= 15 is 0 Å². The minimum Gasteiger partial charge on any atom is -0.493 e. The van der Waals surface area contributed by atoms with Crippen molar-refractivity contribution < 1.29 is 9.47 Å². The highest BCUT2D eigenvalue weighted by molar-refractivity contribution is 5.79. The fourth-order valence-corrected chi connectivity index (χ4v) is 2.95. The van der Waals surface area contributed by atoms with Gasteiger partial charge in [0, 0.05) is 38.3 Å². The molecule has 0 fully saturated rings. The van der Waals surface area contributed by atoms with Crippen molar-refractivity contribution in [3.8, 4) is 11.6 Å². The standard InChI is InChI=1S/C20H26N4O2/c1-3-25-19-17(5-4-10-22-19)14-24-20(21-2)23-11-8-15-6-7-18-16(13-15)9-12-26-18/h4-7,10,13H,3,8-9,11-12,14H2,1-2H3,(H2,21,23,24). The van der Waals surface area contributed by atoms with E-state index in [4.69, 9.17) is 9.47 Å². The first-order chi connectivity index (χ1) is 12.8. The Bertz CT molecular complexity index is 761. The molecular weight excluding hydrogens is 328 g/mol. The van der Waals surface area contributed by atoms with E-state index < -0.39 is 0 Å². The molecule has 0 atom stereocenters. The van der Waals surface area contributed by atoms with Crippen molar-refractivity contribution >= 4 is 5.96 Å². The molecule has 0 radical (unpaired) electrons. The fourth-order valence-electron chi connectivity index (χ4n) is 2.95. The van der Waals surface area contributed by atoms with Crippen LogP contribution in [0, 0.1) is 0 Å². The third-order valence-corrected chi connectivity index (χ3v) is 4.26. The number of benzene rings is 1. The van der Waals surface area contributed by atoms with E-state index in [1.165, 1.54) is 11.1 Å². The summed E-state index contributed by atoms with van der Waals surface area (Å²) in [5.41, 5.74) is 3.63. The highest BCUT2D eigenvalue weighted by Gasteiger charge is 2.12. The van der Waals surface area contributed by atoms with Crippen LogP contribution in [0.1, 0.15) is 23.6 Å². The summed E-state index contributed by atoms with van der Waals surface area (Å²) in [5.74, 6) is 2.46. The maximum Gasteiger partial charge on any atom is 0.218 e. The van der Waals surface area contributed by atoms with Gasteiger partial charge in [-0.1, -0.05) is 18.2 Å². The third kappa shape index (κ3) is 4.65. The second-order valence-electron chi connectivity index (χ2n) is 6.04. The second-order valence-corrected chi connectivity index (χ2v) is 6.04. The molecular formula is C20H26N4O2. The molecule has 26 heavy (non-hydrogen) atoms. The number of aromatic nitrogens is 1. The average Bonchev–Trinajstić information content (AvgIpc) is 3.13. The van der Waals surface area contributed by atoms with Gasteiger partial charge in [-0.05, 0) is 36.6 Å². The van der Waals surface area contributed by atoms with E-state index in [0.717, 1.165) is 43.3 Å². The average molecular weight is 354 g/mol. The zero-order valence-electron chi connectivity index (χ0n) is 15.4. The highest BCUT2D eigenvalue weighted by Crippen LogP contribution is 2.25. The van der Waals surface area contributed by atoms with Crippen LogP contribution in [0.15, 0.2) is 41.5 Å². The molecule has 6 heteroatoms. The van der Waals surface area contributed by atoms with Crippen LogP contribution in [0.3, 0.4) is 0 Å². The van der Waals surface area contributed by atoms with Gasteiger partial charge in [-0.3, -0.25) is 4.99 Å². The first-order valence-electron chi connectivity index (χ1n) is 9.06. The predicted octanol–water partition coefficient (Wildman–Crippen LogP) is 2.32. The van der Waals surface area contributed by atoms with Gasteiger partial charge in [0.2, 0.25) is 5.88 Å².